The van der Waals surface area contributed by atoms with Gasteiger partial charge in [-0.1, -0.05) is 109 Å². The van der Waals surface area contributed by atoms with E-state index >= 15 is 0 Å². The maximum Gasteiger partial charge on any atom is 0.429 e. The van der Waals surface area contributed by atoms with E-state index in [-0.39, 0.29) is 26.1 Å². The van der Waals surface area contributed by atoms with Gasteiger partial charge >= 0.3 is 19.8 Å². The summed E-state index contributed by atoms with van der Waals surface area (Å²) in [6, 6.07) is 32.4. The van der Waals surface area contributed by atoms with Crippen molar-refractivity contribution >= 4 is 67.3 Å². The van der Waals surface area contributed by atoms with Gasteiger partial charge in [-0.15, -0.1) is 0 Å². The molecule has 47 heavy (non-hydrogen) atoms. The number of hydrogen-bond acceptors (Lipinski definition) is 8. The highest BCUT2D eigenvalue weighted by molar-refractivity contribution is 6.81. The second-order valence-electron chi connectivity index (χ2n) is 11.3. The largest absolute Gasteiger partial charge is 0.526 e. The van der Waals surface area contributed by atoms with E-state index in [1.54, 1.807) is 7.85 Å². The third kappa shape index (κ3) is 10.5. The quantitative estimate of drug-likeness (QED) is 0.135. The first-order valence-electron chi connectivity index (χ1n) is 15.2. The Morgan fingerprint density at radius 2 is 1.02 bits per heavy atom. The summed E-state index contributed by atoms with van der Waals surface area (Å²) in [6.45, 7) is -0.923. The van der Waals surface area contributed by atoms with E-state index in [1.807, 2.05) is 109 Å². The highest BCUT2D eigenvalue weighted by Crippen LogP contribution is 2.11. The molecule has 0 aliphatic carbocycles. The molecule has 0 radical (unpaired) electrons. The highest BCUT2D eigenvalue weighted by Gasteiger charge is 2.30. The summed E-state index contributed by atoms with van der Waals surface area (Å²) in [4.78, 5) is 48.2. The average Bonchev–Trinajstić information content (AvgIpc) is 3.06. The molecule has 0 bridgehead atoms. The molecule has 0 heterocycles. The number of nitrogens with two attached hydrogens (primary N) is 3. The van der Waals surface area contributed by atoms with E-state index in [9.17, 15) is 19.2 Å². The van der Waals surface area contributed by atoms with Crippen molar-refractivity contribution in [3.8, 4) is 0 Å². The van der Waals surface area contributed by atoms with E-state index in [4.69, 9.17) is 31.2 Å². The number of carbonyl (C=O) groups excluding carboxylic acids is 4. The van der Waals surface area contributed by atoms with Crippen LogP contribution >= 0.6 is 0 Å². The lowest BCUT2D eigenvalue weighted by atomic mass is 9.55. The fourth-order valence-electron chi connectivity index (χ4n) is 5.01. The summed E-state index contributed by atoms with van der Waals surface area (Å²) in [5.74, 6) is -3.20. The maximum absolute atomic E-state index is 12.8. The van der Waals surface area contributed by atoms with Crippen LogP contribution in [-0.2, 0) is 46.4 Å². The zero-order valence-corrected chi connectivity index (χ0v) is 26.1. The second-order valence-corrected chi connectivity index (χ2v) is 11.3. The normalized spacial score (nSPS) is 11.9. The lowest BCUT2D eigenvalue weighted by Crippen LogP contribution is -2.50. The molecule has 2 unspecified atom stereocenters. The van der Waals surface area contributed by atoms with Crippen LogP contribution in [0.2, 0.25) is 5.82 Å². The van der Waals surface area contributed by atoms with Crippen molar-refractivity contribution in [2.24, 2.45) is 17.2 Å². The molecule has 0 fully saturated rings. The molecule has 0 aliphatic heterocycles. The van der Waals surface area contributed by atoms with Crippen molar-refractivity contribution in [2.45, 2.75) is 37.9 Å². The second kappa shape index (κ2) is 17.0. The topological polar surface area (TPSA) is 174 Å². The van der Waals surface area contributed by atoms with Crippen molar-refractivity contribution in [2.75, 3.05) is 0 Å². The first-order valence-corrected chi connectivity index (χ1v) is 15.2. The Balaban J connectivity index is 1.47. The fraction of sp³-hybridized carbons (Fsp3) is 0.176. The number of primary amides is 2. The van der Waals surface area contributed by atoms with Crippen LogP contribution in [0.4, 0.5) is 0 Å². The van der Waals surface area contributed by atoms with Crippen molar-refractivity contribution in [3.05, 3.63) is 120 Å². The molecule has 0 aromatic heterocycles. The smallest absolute Gasteiger partial charge is 0.429 e. The van der Waals surface area contributed by atoms with Gasteiger partial charge in [0.1, 0.15) is 13.9 Å². The number of carbonyl (C=O) groups is 4. The van der Waals surface area contributed by atoms with Crippen LogP contribution in [-0.4, -0.2) is 51.5 Å². The molecule has 4 aromatic rings. The molecule has 6 N–H and O–H groups in total. The first kappa shape index (κ1) is 34.7. The van der Waals surface area contributed by atoms with Gasteiger partial charge in [0.2, 0.25) is 11.8 Å². The summed E-state index contributed by atoms with van der Waals surface area (Å²) < 4.78 is 17.7. The minimum absolute atomic E-state index is 0.104. The van der Waals surface area contributed by atoms with Crippen LogP contribution in [0.1, 0.15) is 24.0 Å². The molecule has 0 aliphatic rings. The van der Waals surface area contributed by atoms with Gasteiger partial charge in [-0.3, -0.25) is 19.2 Å². The van der Waals surface area contributed by atoms with E-state index in [2.05, 4.69) is 0 Å². The Labute approximate surface area is 275 Å². The number of ether oxygens (including phenoxy) is 1. The monoisotopic (exact) mass is 631 g/mol. The SMILES string of the molecule is BC(CC(N)=O)C(=O)OB(c1ccccc1)c1cccc(COCc2cccc(B(OC(=O)C(N)CC(N)=O)c3ccccc3)c2)c1. The lowest BCUT2D eigenvalue weighted by molar-refractivity contribution is -0.137. The summed E-state index contributed by atoms with van der Waals surface area (Å²) in [6.07, 6.45) is -0.425. The predicted octanol–water partition coefficient (Wildman–Crippen LogP) is -0.799. The van der Waals surface area contributed by atoms with Crippen LogP contribution in [0.25, 0.3) is 0 Å². The first-order chi connectivity index (χ1) is 22.6. The van der Waals surface area contributed by atoms with Crippen LogP contribution in [0.5, 0.6) is 0 Å². The zero-order chi connectivity index (χ0) is 33.8. The Morgan fingerprint density at radius 1 is 0.596 bits per heavy atom. The molecule has 0 saturated carbocycles. The summed E-state index contributed by atoms with van der Waals surface area (Å²) in [7, 11) is 1.61. The van der Waals surface area contributed by atoms with Gasteiger partial charge in [0.25, 0.3) is 5.97 Å². The van der Waals surface area contributed by atoms with Crippen LogP contribution in [0.3, 0.4) is 0 Å². The molecule has 0 saturated heterocycles. The van der Waals surface area contributed by atoms with Gasteiger partial charge in [0, 0.05) is 12.2 Å². The molecule has 2 amide bonds. The molecule has 0 spiro atoms. The van der Waals surface area contributed by atoms with Crippen LogP contribution < -0.4 is 39.1 Å². The molecule has 2 atom stereocenters. The predicted molar refractivity (Wildman–Crippen MR) is 184 cm³/mol. The molecule has 10 nitrogen and oxygen atoms in total. The summed E-state index contributed by atoms with van der Waals surface area (Å²) in [5, 5.41) is 0. The molecule has 4 aromatic carbocycles. The van der Waals surface area contributed by atoms with Gasteiger partial charge in [0.15, 0.2) is 0 Å². The molecule has 238 valence electrons. The standard InChI is InChI=1S/C34H36B3N3O7/c35-29(19-31(39)41)33(43)46-36(25-11-3-1-4-12-25)27-15-7-9-23(17-27)21-45-22-24-10-8-16-28(18-24)37(26-13-5-2-6-14-26)47-34(44)30(38)20-32(40)42/h1-18,29-30H,19-22,35,38H2,(H2,39,41)(H2,40,42). The fourth-order valence-corrected chi connectivity index (χ4v) is 5.01. The Morgan fingerprint density at radius 3 is 1.47 bits per heavy atom. The number of benzene rings is 4. The van der Waals surface area contributed by atoms with E-state index in [0.29, 0.717) is 5.46 Å². The Kier molecular flexibility index (Phi) is 12.5. The van der Waals surface area contributed by atoms with E-state index < -0.39 is 49.4 Å². The minimum atomic E-state index is -1.18. The minimum Gasteiger partial charge on any atom is -0.526 e. The van der Waals surface area contributed by atoms with Gasteiger partial charge in [-0.05, 0) is 33.0 Å². The zero-order valence-electron chi connectivity index (χ0n) is 26.1. The van der Waals surface area contributed by atoms with Gasteiger partial charge < -0.3 is 31.2 Å². The van der Waals surface area contributed by atoms with Crippen molar-refractivity contribution in [3.63, 3.8) is 0 Å². The van der Waals surface area contributed by atoms with Crippen LogP contribution in [0.15, 0.2) is 109 Å². The van der Waals surface area contributed by atoms with Gasteiger partial charge in [-0.25, -0.2) is 0 Å². The number of rotatable bonds is 16. The van der Waals surface area contributed by atoms with Crippen molar-refractivity contribution < 1.29 is 33.2 Å². The van der Waals surface area contributed by atoms with Gasteiger partial charge in [0.05, 0.1) is 19.6 Å². The van der Waals surface area contributed by atoms with Crippen LogP contribution in [0, 0.1) is 0 Å². The third-order valence-electron chi connectivity index (χ3n) is 7.35. The van der Waals surface area contributed by atoms with Gasteiger partial charge in [-0.2, -0.15) is 0 Å². The van der Waals surface area contributed by atoms with E-state index in [1.165, 1.54) is 0 Å². The third-order valence-corrected chi connectivity index (χ3v) is 7.35. The lowest BCUT2D eigenvalue weighted by Gasteiger charge is -2.19. The summed E-state index contributed by atoms with van der Waals surface area (Å²) >= 11 is 0. The maximum atomic E-state index is 12.8. The summed E-state index contributed by atoms with van der Waals surface area (Å²) in [5.41, 5.74) is 21.0. The van der Waals surface area contributed by atoms with Crippen molar-refractivity contribution in [1.82, 2.24) is 0 Å². The van der Waals surface area contributed by atoms with Crippen molar-refractivity contribution in [1.29, 1.82) is 0 Å². The Bertz CT molecular complexity index is 1560. The Hall–Kier alpha value is -5.13. The molecule has 4 rings (SSSR count). The number of amides is 2. The average molecular weight is 631 g/mol. The van der Waals surface area contributed by atoms with E-state index in [0.717, 1.165) is 27.5 Å². The number of hydrogen-bond donors (Lipinski definition) is 3. The highest BCUT2D eigenvalue weighted by atomic mass is 16.5. The molecular weight excluding hydrogens is 595 g/mol. The molecular formula is C34H36B3N3O7. The molecule has 13 heteroatoms.